The minimum Gasteiger partial charge on any atom is -0.462 e. The largest absolute Gasteiger partial charge is 0.462 e. The molecule has 124 valence electrons. The summed E-state index contributed by atoms with van der Waals surface area (Å²) in [7, 11) is 0. The molecule has 0 radical (unpaired) electrons. The molecule has 1 unspecified atom stereocenters. The first-order chi connectivity index (χ1) is 11.1. The van der Waals surface area contributed by atoms with Crippen LogP contribution in [0.4, 0.5) is 10.8 Å². The number of hydrogen-bond acceptors (Lipinski definition) is 6. The fourth-order valence-electron chi connectivity index (χ4n) is 2.22. The maximum atomic E-state index is 11.6. The molecule has 0 bridgehead atoms. The van der Waals surface area contributed by atoms with Crippen LogP contribution in [0.1, 0.15) is 36.8 Å². The van der Waals surface area contributed by atoms with Gasteiger partial charge in [0.05, 0.1) is 17.9 Å². The summed E-state index contributed by atoms with van der Waals surface area (Å²) in [6, 6.07) is 7.63. The van der Waals surface area contributed by atoms with Crippen LogP contribution >= 0.6 is 11.3 Å². The smallest absolute Gasteiger partial charge is 0.338 e. The van der Waals surface area contributed by atoms with E-state index in [0.717, 1.165) is 29.5 Å². The van der Waals surface area contributed by atoms with E-state index in [1.807, 2.05) is 12.1 Å². The van der Waals surface area contributed by atoms with E-state index in [9.17, 15) is 4.79 Å². The Morgan fingerprint density at radius 3 is 2.70 bits per heavy atom. The van der Waals surface area contributed by atoms with Gasteiger partial charge in [0.25, 0.3) is 0 Å². The van der Waals surface area contributed by atoms with Crippen LogP contribution < -0.4 is 10.6 Å². The van der Waals surface area contributed by atoms with Crippen LogP contribution in [0.15, 0.2) is 29.6 Å². The lowest BCUT2D eigenvalue weighted by Crippen LogP contribution is -2.27. The van der Waals surface area contributed by atoms with Crippen molar-refractivity contribution in [3.05, 3.63) is 40.9 Å². The number of nitrogens with zero attached hydrogens (tertiary/aromatic N) is 1. The van der Waals surface area contributed by atoms with Gasteiger partial charge >= 0.3 is 5.97 Å². The Kier molecular flexibility index (Phi) is 6.55. The molecule has 2 N–H and O–H groups in total. The molecule has 0 saturated heterocycles. The van der Waals surface area contributed by atoms with Gasteiger partial charge in [-0.05, 0) is 44.7 Å². The van der Waals surface area contributed by atoms with Gasteiger partial charge in [-0.3, -0.25) is 0 Å². The van der Waals surface area contributed by atoms with Crippen LogP contribution in [-0.4, -0.2) is 30.1 Å². The molecule has 0 amide bonds. The number of nitrogens with one attached hydrogen (secondary N) is 2. The zero-order chi connectivity index (χ0) is 16.7. The molecule has 0 aliphatic carbocycles. The van der Waals surface area contributed by atoms with Gasteiger partial charge in [-0.25, -0.2) is 9.78 Å². The molecular formula is C17H23N3O2S. The summed E-state index contributed by atoms with van der Waals surface area (Å²) in [5.74, 6) is -0.298. The number of hydrogen-bond donors (Lipinski definition) is 2. The van der Waals surface area contributed by atoms with E-state index in [0.29, 0.717) is 18.2 Å². The molecule has 1 heterocycles. The van der Waals surface area contributed by atoms with Crippen molar-refractivity contribution in [1.29, 1.82) is 0 Å². The van der Waals surface area contributed by atoms with E-state index >= 15 is 0 Å². The predicted molar refractivity (Wildman–Crippen MR) is 94.6 cm³/mol. The zero-order valence-electron chi connectivity index (χ0n) is 13.8. The standard InChI is InChI=1S/C17H23N3O2S/c1-4-18-12(3)10-15-11-23-17(20-15)19-14-8-6-13(7-9-14)16(21)22-5-2/h6-9,11-12,18H,4-5,10H2,1-3H3,(H,19,20). The normalized spacial score (nSPS) is 12.0. The van der Waals surface area contributed by atoms with Gasteiger partial charge in [-0.1, -0.05) is 6.92 Å². The van der Waals surface area contributed by atoms with E-state index in [2.05, 4.69) is 34.8 Å². The lowest BCUT2D eigenvalue weighted by molar-refractivity contribution is 0.0526. The van der Waals surface area contributed by atoms with Gasteiger partial charge in [0.2, 0.25) is 0 Å². The number of rotatable bonds is 8. The Morgan fingerprint density at radius 2 is 2.04 bits per heavy atom. The Hall–Kier alpha value is -1.92. The third kappa shape index (κ3) is 5.33. The number of aromatic nitrogens is 1. The quantitative estimate of drug-likeness (QED) is 0.723. The van der Waals surface area contributed by atoms with E-state index in [1.54, 1.807) is 30.4 Å². The van der Waals surface area contributed by atoms with Crippen molar-refractivity contribution in [2.75, 3.05) is 18.5 Å². The number of esters is 1. The first-order valence-corrected chi connectivity index (χ1v) is 8.72. The van der Waals surface area contributed by atoms with Crippen LogP contribution in [0.25, 0.3) is 0 Å². The van der Waals surface area contributed by atoms with Crippen molar-refractivity contribution in [2.45, 2.75) is 33.2 Å². The molecule has 2 rings (SSSR count). The molecule has 0 fully saturated rings. The fraction of sp³-hybridized carbons (Fsp3) is 0.412. The predicted octanol–water partition coefficient (Wildman–Crippen LogP) is 3.60. The average Bonchev–Trinajstić information content (AvgIpc) is 2.95. The first-order valence-electron chi connectivity index (χ1n) is 7.84. The second kappa shape index (κ2) is 8.64. The van der Waals surface area contributed by atoms with Gasteiger partial charge in [-0.2, -0.15) is 0 Å². The highest BCUT2D eigenvalue weighted by molar-refractivity contribution is 7.13. The lowest BCUT2D eigenvalue weighted by Gasteiger charge is -2.09. The second-order valence-electron chi connectivity index (χ2n) is 5.23. The van der Waals surface area contributed by atoms with Crippen LogP contribution in [0.2, 0.25) is 0 Å². The summed E-state index contributed by atoms with van der Waals surface area (Å²) in [5.41, 5.74) is 2.53. The number of likely N-dealkylation sites (N-methyl/N-ethyl adjacent to an activating group) is 1. The molecule has 0 saturated carbocycles. The molecule has 1 aromatic carbocycles. The molecule has 1 aromatic heterocycles. The highest BCUT2D eigenvalue weighted by Gasteiger charge is 2.08. The molecule has 6 heteroatoms. The van der Waals surface area contributed by atoms with Crippen molar-refractivity contribution >= 4 is 28.1 Å². The number of carbonyl (C=O) groups excluding carboxylic acids is 1. The second-order valence-corrected chi connectivity index (χ2v) is 6.09. The third-order valence-electron chi connectivity index (χ3n) is 3.27. The van der Waals surface area contributed by atoms with E-state index < -0.39 is 0 Å². The lowest BCUT2D eigenvalue weighted by atomic mass is 10.2. The average molecular weight is 333 g/mol. The fourth-order valence-corrected chi connectivity index (χ4v) is 2.96. The molecular weight excluding hydrogens is 310 g/mol. The van der Waals surface area contributed by atoms with Gasteiger partial charge in [0.1, 0.15) is 0 Å². The van der Waals surface area contributed by atoms with Gasteiger partial charge < -0.3 is 15.4 Å². The molecule has 0 aliphatic rings. The Balaban J connectivity index is 1.94. The summed E-state index contributed by atoms with van der Waals surface area (Å²) in [5, 5.41) is 9.57. The van der Waals surface area contributed by atoms with E-state index in [1.165, 1.54) is 0 Å². The maximum absolute atomic E-state index is 11.6. The maximum Gasteiger partial charge on any atom is 0.338 e. The molecule has 5 nitrogen and oxygen atoms in total. The van der Waals surface area contributed by atoms with E-state index in [4.69, 9.17) is 4.74 Å². The zero-order valence-corrected chi connectivity index (χ0v) is 14.6. The summed E-state index contributed by atoms with van der Waals surface area (Å²) in [6.45, 7) is 7.40. The Morgan fingerprint density at radius 1 is 1.30 bits per heavy atom. The SMILES string of the molecule is CCNC(C)Cc1csc(Nc2ccc(C(=O)OCC)cc2)n1. The van der Waals surface area contributed by atoms with Gasteiger partial charge in [0.15, 0.2) is 5.13 Å². The third-order valence-corrected chi connectivity index (χ3v) is 4.07. The van der Waals surface area contributed by atoms with Crippen molar-refractivity contribution < 1.29 is 9.53 Å². The van der Waals surface area contributed by atoms with Crippen molar-refractivity contribution in [3.8, 4) is 0 Å². The van der Waals surface area contributed by atoms with Crippen LogP contribution in [0.3, 0.4) is 0 Å². The Bertz CT molecular complexity index is 625. The number of benzene rings is 1. The number of carbonyl (C=O) groups is 1. The van der Waals surface area contributed by atoms with Gasteiger partial charge in [-0.15, -0.1) is 11.3 Å². The molecule has 1 atom stereocenters. The molecule has 23 heavy (non-hydrogen) atoms. The van der Waals surface area contributed by atoms with Crippen molar-refractivity contribution in [2.24, 2.45) is 0 Å². The summed E-state index contributed by atoms with van der Waals surface area (Å²) < 4.78 is 4.97. The molecule has 2 aromatic rings. The van der Waals surface area contributed by atoms with Crippen LogP contribution in [0.5, 0.6) is 0 Å². The van der Waals surface area contributed by atoms with Crippen molar-refractivity contribution in [3.63, 3.8) is 0 Å². The summed E-state index contributed by atoms with van der Waals surface area (Å²) in [6.07, 6.45) is 0.911. The highest BCUT2D eigenvalue weighted by atomic mass is 32.1. The van der Waals surface area contributed by atoms with Gasteiger partial charge in [0, 0.05) is 23.5 Å². The first kappa shape index (κ1) is 17.4. The summed E-state index contributed by atoms with van der Waals surface area (Å²) in [4.78, 5) is 16.2. The molecule has 0 spiro atoms. The minimum atomic E-state index is -0.298. The monoisotopic (exact) mass is 333 g/mol. The van der Waals surface area contributed by atoms with Crippen molar-refractivity contribution in [1.82, 2.24) is 10.3 Å². The Labute approximate surface area is 141 Å². The summed E-state index contributed by atoms with van der Waals surface area (Å²) >= 11 is 1.58. The number of anilines is 2. The highest BCUT2D eigenvalue weighted by Crippen LogP contribution is 2.22. The molecule has 0 aliphatic heterocycles. The number of ether oxygens (including phenoxy) is 1. The van der Waals surface area contributed by atoms with Crippen LogP contribution in [-0.2, 0) is 11.2 Å². The minimum absolute atomic E-state index is 0.298. The topological polar surface area (TPSA) is 63.2 Å². The van der Waals surface area contributed by atoms with E-state index in [-0.39, 0.29) is 5.97 Å². The number of thiazole rings is 1. The van der Waals surface area contributed by atoms with Crippen LogP contribution in [0, 0.1) is 0 Å².